The van der Waals surface area contributed by atoms with Crippen molar-refractivity contribution in [3.63, 3.8) is 0 Å². The van der Waals surface area contributed by atoms with Crippen LogP contribution in [-0.2, 0) is 11.2 Å². The summed E-state index contributed by atoms with van der Waals surface area (Å²) in [6.45, 7) is 5.41. The molecule has 0 aliphatic heterocycles. The SMILES string of the molecule is CC(C)(C)[C@H](NC(=O)c1cc2ccc(Oc3ccc(C4CCCCC4)cc3)cc2c(CC2CCCC2)n1)C(=O)O. The number of hydrogen-bond acceptors (Lipinski definition) is 4. The Balaban J connectivity index is 1.41. The molecular formula is C34H42N2O4. The second-order valence-corrected chi connectivity index (χ2v) is 12.8. The summed E-state index contributed by atoms with van der Waals surface area (Å²) in [5.41, 5.74) is 1.89. The molecule has 0 saturated heterocycles. The van der Waals surface area contributed by atoms with Gasteiger partial charge in [-0.3, -0.25) is 4.79 Å². The van der Waals surface area contributed by atoms with Crippen LogP contribution in [0.5, 0.6) is 11.5 Å². The number of carboxylic acids is 1. The molecule has 0 bridgehead atoms. The quantitative estimate of drug-likeness (QED) is 0.301. The summed E-state index contributed by atoms with van der Waals surface area (Å²) >= 11 is 0. The third-order valence-corrected chi connectivity index (χ3v) is 8.65. The van der Waals surface area contributed by atoms with Crippen LogP contribution in [0, 0.1) is 11.3 Å². The second kappa shape index (κ2) is 12.0. The lowest BCUT2D eigenvalue weighted by Crippen LogP contribution is -2.49. The predicted octanol–water partition coefficient (Wildman–Crippen LogP) is 8.04. The Labute approximate surface area is 237 Å². The maximum Gasteiger partial charge on any atom is 0.326 e. The van der Waals surface area contributed by atoms with Gasteiger partial charge in [-0.25, -0.2) is 9.78 Å². The van der Waals surface area contributed by atoms with Crippen molar-refractivity contribution in [1.82, 2.24) is 10.3 Å². The van der Waals surface area contributed by atoms with Crippen LogP contribution < -0.4 is 10.1 Å². The lowest BCUT2D eigenvalue weighted by molar-refractivity contribution is -0.142. The zero-order valence-corrected chi connectivity index (χ0v) is 24.0. The van der Waals surface area contributed by atoms with E-state index >= 15 is 0 Å². The van der Waals surface area contributed by atoms with Crippen molar-refractivity contribution < 1.29 is 19.4 Å². The van der Waals surface area contributed by atoms with Crippen molar-refractivity contribution in [2.75, 3.05) is 0 Å². The lowest BCUT2D eigenvalue weighted by atomic mass is 9.84. The number of pyridine rings is 1. The van der Waals surface area contributed by atoms with Gasteiger partial charge in [0.25, 0.3) is 5.91 Å². The number of amides is 1. The van der Waals surface area contributed by atoms with Gasteiger partial charge in [0.15, 0.2) is 0 Å². The Hall–Kier alpha value is -3.41. The highest BCUT2D eigenvalue weighted by atomic mass is 16.5. The third-order valence-electron chi connectivity index (χ3n) is 8.65. The van der Waals surface area contributed by atoms with Gasteiger partial charge in [-0.1, -0.05) is 83.9 Å². The van der Waals surface area contributed by atoms with Crippen molar-refractivity contribution in [3.05, 3.63) is 65.5 Å². The minimum atomic E-state index is -1.05. The Kier molecular flexibility index (Phi) is 8.43. The van der Waals surface area contributed by atoms with Gasteiger partial charge in [-0.05, 0) is 77.8 Å². The number of fused-ring (bicyclic) bond motifs is 1. The molecule has 1 atom stereocenters. The number of aromatic nitrogens is 1. The van der Waals surface area contributed by atoms with Gasteiger partial charge in [-0.2, -0.15) is 0 Å². The molecule has 1 amide bonds. The van der Waals surface area contributed by atoms with Crippen molar-refractivity contribution in [1.29, 1.82) is 0 Å². The van der Waals surface area contributed by atoms with Crippen molar-refractivity contribution in [3.8, 4) is 11.5 Å². The molecule has 5 rings (SSSR count). The average molecular weight is 543 g/mol. The minimum absolute atomic E-state index is 0.253. The molecule has 2 aromatic carbocycles. The van der Waals surface area contributed by atoms with Crippen LogP contribution in [0.1, 0.15) is 106 Å². The van der Waals surface area contributed by atoms with Crippen LogP contribution in [0.25, 0.3) is 10.8 Å². The zero-order valence-electron chi connectivity index (χ0n) is 24.0. The maximum atomic E-state index is 13.2. The summed E-state index contributed by atoms with van der Waals surface area (Å²) in [4.78, 5) is 29.9. The van der Waals surface area contributed by atoms with Gasteiger partial charge in [0.1, 0.15) is 23.2 Å². The highest BCUT2D eigenvalue weighted by molar-refractivity contribution is 5.99. The summed E-state index contributed by atoms with van der Waals surface area (Å²) in [6.07, 6.45) is 12.1. The zero-order chi connectivity index (χ0) is 28.3. The first-order valence-corrected chi connectivity index (χ1v) is 14.9. The lowest BCUT2D eigenvalue weighted by Gasteiger charge is -2.27. The smallest absolute Gasteiger partial charge is 0.326 e. The summed E-state index contributed by atoms with van der Waals surface area (Å²) in [7, 11) is 0. The van der Waals surface area contributed by atoms with E-state index in [0.29, 0.717) is 11.8 Å². The number of aliphatic carboxylic acids is 1. The number of carbonyl (C=O) groups is 2. The number of carboxylic acid groups (broad SMARTS) is 1. The molecular weight excluding hydrogens is 500 g/mol. The summed E-state index contributed by atoms with van der Waals surface area (Å²) in [5, 5.41) is 14.3. The monoisotopic (exact) mass is 542 g/mol. The Morgan fingerprint density at radius 3 is 2.23 bits per heavy atom. The van der Waals surface area contributed by atoms with Crippen LogP contribution in [0.2, 0.25) is 0 Å². The predicted molar refractivity (Wildman–Crippen MR) is 158 cm³/mol. The van der Waals surface area contributed by atoms with Gasteiger partial charge in [0.2, 0.25) is 0 Å². The van der Waals surface area contributed by atoms with E-state index in [2.05, 4.69) is 29.6 Å². The van der Waals surface area contributed by atoms with Crippen molar-refractivity contribution >= 4 is 22.6 Å². The van der Waals surface area contributed by atoms with Crippen LogP contribution in [0.4, 0.5) is 0 Å². The van der Waals surface area contributed by atoms with Gasteiger partial charge in [-0.15, -0.1) is 0 Å². The van der Waals surface area contributed by atoms with E-state index in [1.54, 1.807) is 26.8 Å². The first kappa shape index (κ1) is 28.1. The maximum absolute atomic E-state index is 13.2. The highest BCUT2D eigenvalue weighted by Crippen LogP contribution is 2.35. The van der Waals surface area contributed by atoms with E-state index in [1.165, 1.54) is 50.5 Å². The van der Waals surface area contributed by atoms with Gasteiger partial charge in [0, 0.05) is 11.1 Å². The van der Waals surface area contributed by atoms with Crippen molar-refractivity contribution in [2.45, 2.75) is 96.9 Å². The number of carbonyl (C=O) groups excluding carboxylic acids is 1. The van der Waals surface area contributed by atoms with E-state index in [-0.39, 0.29) is 5.69 Å². The Bertz CT molecular complexity index is 1350. The summed E-state index contributed by atoms with van der Waals surface area (Å²) < 4.78 is 6.28. The van der Waals surface area contributed by atoms with E-state index in [4.69, 9.17) is 9.72 Å². The molecule has 212 valence electrons. The number of nitrogens with one attached hydrogen (secondary N) is 1. The molecule has 1 heterocycles. The van der Waals surface area contributed by atoms with E-state index in [0.717, 1.165) is 47.2 Å². The summed E-state index contributed by atoms with van der Waals surface area (Å²) in [6, 6.07) is 15.2. The van der Waals surface area contributed by atoms with E-state index in [9.17, 15) is 14.7 Å². The van der Waals surface area contributed by atoms with Crippen LogP contribution in [-0.4, -0.2) is 28.0 Å². The van der Waals surface area contributed by atoms with E-state index < -0.39 is 23.3 Å². The number of ether oxygens (including phenoxy) is 1. The molecule has 2 fully saturated rings. The third kappa shape index (κ3) is 6.65. The fraction of sp³-hybridized carbons (Fsp3) is 0.500. The average Bonchev–Trinajstić information content (AvgIpc) is 3.45. The van der Waals surface area contributed by atoms with Crippen LogP contribution >= 0.6 is 0 Å². The summed E-state index contributed by atoms with van der Waals surface area (Å²) in [5.74, 6) is 1.22. The molecule has 0 radical (unpaired) electrons. The fourth-order valence-corrected chi connectivity index (χ4v) is 6.35. The van der Waals surface area contributed by atoms with Gasteiger partial charge < -0.3 is 15.2 Å². The molecule has 2 aliphatic carbocycles. The number of benzene rings is 2. The topological polar surface area (TPSA) is 88.5 Å². The van der Waals surface area contributed by atoms with Crippen LogP contribution in [0.3, 0.4) is 0 Å². The standard InChI is InChI=1S/C34H42N2O4/c1-34(2,3)31(33(38)39)36-32(37)30-20-25-15-18-27(21-28(25)29(35-30)19-22-9-7-8-10-22)40-26-16-13-24(14-17-26)23-11-5-4-6-12-23/h13-18,20-23,31H,4-12,19H2,1-3H3,(H,36,37)(H,38,39)/t31-/m1/s1. The number of nitrogens with zero attached hydrogens (tertiary/aromatic N) is 1. The van der Waals surface area contributed by atoms with Gasteiger partial charge >= 0.3 is 5.97 Å². The number of rotatable bonds is 8. The molecule has 2 saturated carbocycles. The van der Waals surface area contributed by atoms with E-state index in [1.807, 2.05) is 18.2 Å². The first-order valence-electron chi connectivity index (χ1n) is 14.9. The molecule has 6 nitrogen and oxygen atoms in total. The molecule has 0 unspecified atom stereocenters. The number of hydrogen-bond donors (Lipinski definition) is 2. The molecule has 2 N–H and O–H groups in total. The first-order chi connectivity index (χ1) is 19.2. The van der Waals surface area contributed by atoms with Crippen molar-refractivity contribution in [2.24, 2.45) is 11.3 Å². The Morgan fingerprint density at radius 1 is 0.925 bits per heavy atom. The molecule has 2 aliphatic rings. The largest absolute Gasteiger partial charge is 0.480 e. The minimum Gasteiger partial charge on any atom is -0.480 e. The Morgan fingerprint density at radius 2 is 1.57 bits per heavy atom. The molecule has 3 aromatic rings. The molecule has 1 aromatic heterocycles. The van der Waals surface area contributed by atoms with Crippen LogP contribution in [0.15, 0.2) is 48.5 Å². The molecule has 6 heteroatoms. The molecule has 40 heavy (non-hydrogen) atoms. The second-order valence-electron chi connectivity index (χ2n) is 12.8. The molecule has 0 spiro atoms. The highest BCUT2D eigenvalue weighted by Gasteiger charge is 2.33. The normalized spacial score (nSPS) is 17.6. The van der Waals surface area contributed by atoms with Gasteiger partial charge in [0.05, 0.1) is 0 Å². The fourth-order valence-electron chi connectivity index (χ4n) is 6.35.